The molecule has 7 nitrogen and oxygen atoms in total. The third-order valence-corrected chi connectivity index (χ3v) is 7.42. The monoisotopic (exact) mass is 564 g/mol. The van der Waals surface area contributed by atoms with Crippen LogP contribution >= 0.6 is 11.2 Å². The zero-order valence-electron chi connectivity index (χ0n) is 23.4. The highest BCUT2D eigenvalue weighted by atomic mass is 32.1. The Morgan fingerprint density at radius 2 is 1.90 bits per heavy atom. The van der Waals surface area contributed by atoms with E-state index in [0.29, 0.717) is 32.4 Å². The molecule has 3 rings (SSSR count). The Labute approximate surface area is 241 Å². The van der Waals surface area contributed by atoms with Crippen LogP contribution in [0.25, 0.3) is 6.08 Å². The molecule has 0 radical (unpaired) electrons. The fourth-order valence-corrected chi connectivity index (χ4v) is 4.96. The largest absolute Gasteiger partial charge is 0.387 e. The van der Waals surface area contributed by atoms with Crippen molar-refractivity contribution in [3.63, 3.8) is 0 Å². The van der Waals surface area contributed by atoms with Crippen molar-refractivity contribution in [2.24, 2.45) is 0 Å². The van der Waals surface area contributed by atoms with Gasteiger partial charge in [0.05, 0.1) is 6.54 Å². The number of carbonyl (C=O) groups is 1. The van der Waals surface area contributed by atoms with Crippen molar-refractivity contribution in [3.8, 4) is 17.5 Å². The minimum atomic E-state index is -1.32. The number of nitrogens with one attached hydrogen (secondary N) is 1. The lowest BCUT2D eigenvalue weighted by molar-refractivity contribution is -0.209. The molecule has 0 aliphatic carbocycles. The smallest absolute Gasteiger partial charge is 0.220 e. The van der Waals surface area contributed by atoms with Gasteiger partial charge in [-0.15, -0.1) is 17.6 Å². The highest BCUT2D eigenvalue weighted by molar-refractivity contribution is 7.87. The second-order valence-electron chi connectivity index (χ2n) is 10.1. The number of hydrogen-bond donors (Lipinski definition) is 4. The van der Waals surface area contributed by atoms with Gasteiger partial charge in [-0.2, -0.15) is 0 Å². The molecule has 4 N–H and O–H groups in total. The van der Waals surface area contributed by atoms with Crippen molar-refractivity contribution in [2.75, 3.05) is 32.9 Å². The number of carbonyl (C=O) groups excluding carboxylic acids is 1. The zero-order valence-corrected chi connectivity index (χ0v) is 24.2. The van der Waals surface area contributed by atoms with Crippen LogP contribution in [-0.4, -0.2) is 83.5 Å². The van der Waals surface area contributed by atoms with Crippen LogP contribution in [0, 0.1) is 24.5 Å². The molecule has 0 aromatic heterocycles. The maximum Gasteiger partial charge on any atom is 0.220 e. The van der Waals surface area contributed by atoms with E-state index in [9.17, 15) is 20.1 Å². The lowest BCUT2D eigenvalue weighted by atomic mass is 9.89. The first-order valence-electron chi connectivity index (χ1n) is 13.4. The molecule has 2 aromatic carbocycles. The van der Waals surface area contributed by atoms with Crippen molar-refractivity contribution in [2.45, 2.75) is 56.7 Å². The Bertz CT molecular complexity index is 1260. The van der Waals surface area contributed by atoms with E-state index in [1.165, 1.54) is 11.2 Å². The highest BCUT2D eigenvalue weighted by Gasteiger charge is 2.43. The van der Waals surface area contributed by atoms with E-state index in [1.54, 1.807) is 6.26 Å². The molecule has 5 atom stereocenters. The second kappa shape index (κ2) is 15.7. The van der Waals surface area contributed by atoms with Gasteiger partial charge < -0.3 is 25.4 Å². The van der Waals surface area contributed by atoms with Crippen LogP contribution in [0.1, 0.15) is 46.8 Å². The summed E-state index contributed by atoms with van der Waals surface area (Å²) in [6, 6.07) is 14.1. The zero-order chi connectivity index (χ0) is 29.1. The number of terminal acetylenes is 1. The lowest BCUT2D eigenvalue weighted by Crippen LogP contribution is -2.53. The molecule has 1 heterocycles. The van der Waals surface area contributed by atoms with Crippen molar-refractivity contribution < 1.29 is 24.9 Å². The Morgan fingerprint density at radius 3 is 2.60 bits per heavy atom. The SMILES string of the molecule is C#CCN(C)CCNC(=O)CC/C=C/c1ccc(Cc2cc([C@@H]3OC(C#SC)[C@@H](O)[C@H](O)[C@H]3O)ccc2C)cc1. The minimum Gasteiger partial charge on any atom is -0.387 e. The fourth-order valence-electron chi connectivity index (χ4n) is 4.54. The summed E-state index contributed by atoms with van der Waals surface area (Å²) in [6.45, 7) is 3.91. The number of hydrogen-bond acceptors (Lipinski definition) is 6. The number of likely N-dealkylation sites (N-methyl/N-ethyl adjacent to an activating group) is 1. The summed E-state index contributed by atoms with van der Waals surface area (Å²) < 4.78 is 5.93. The summed E-state index contributed by atoms with van der Waals surface area (Å²) >= 11 is 1.28. The molecule has 0 spiro atoms. The van der Waals surface area contributed by atoms with Gasteiger partial charge in [0.25, 0.3) is 0 Å². The quantitative estimate of drug-likeness (QED) is 0.313. The predicted octanol–water partition coefficient (Wildman–Crippen LogP) is 2.91. The highest BCUT2D eigenvalue weighted by Crippen LogP contribution is 2.33. The second-order valence-corrected chi connectivity index (χ2v) is 10.8. The molecular formula is C32H40N2O5S. The average molecular weight is 565 g/mol. The summed E-state index contributed by atoms with van der Waals surface area (Å²) in [5.74, 6) is 2.61. The molecule has 0 saturated carbocycles. The van der Waals surface area contributed by atoms with Gasteiger partial charge in [0.15, 0.2) is 0 Å². The molecule has 40 heavy (non-hydrogen) atoms. The predicted molar refractivity (Wildman–Crippen MR) is 161 cm³/mol. The fraction of sp³-hybridized carbons (Fsp3) is 0.438. The van der Waals surface area contributed by atoms with Gasteiger partial charge >= 0.3 is 0 Å². The Hall–Kier alpha value is -2.99. The maximum atomic E-state index is 12.0. The van der Waals surface area contributed by atoms with Gasteiger partial charge in [-0.25, -0.2) is 0 Å². The molecule has 1 saturated heterocycles. The standard InChI is InChI=1S/C32H40N2O5S/c1-5-17-34(3)18-16-33-28(35)9-7-6-8-23-11-13-24(14-12-23)19-26-20-25(15-10-22(26)2)32-31(38)30(37)29(36)27(39-32)21-40-4/h1,6,8,10-15,20,27,29-32,36-38H,7,9,16-19H2,2-4H3,(H,33,35)/b8-6+/t27?,29-,30+,31-,32+/m1/s1. The van der Waals surface area contributed by atoms with Crippen LogP contribution in [0.15, 0.2) is 48.5 Å². The Morgan fingerprint density at radius 1 is 1.15 bits per heavy atom. The van der Waals surface area contributed by atoms with E-state index in [0.717, 1.165) is 34.4 Å². The molecule has 214 valence electrons. The normalized spacial score (nSPS) is 22.6. The Kier molecular flexibility index (Phi) is 12.4. The first-order chi connectivity index (χ1) is 19.2. The summed E-state index contributed by atoms with van der Waals surface area (Å²) in [7, 11) is 1.93. The summed E-state index contributed by atoms with van der Waals surface area (Å²) in [5, 5.41) is 37.1. The molecule has 0 bridgehead atoms. The van der Waals surface area contributed by atoms with E-state index >= 15 is 0 Å². The van der Waals surface area contributed by atoms with Gasteiger partial charge in [0.1, 0.15) is 30.5 Å². The number of aliphatic hydroxyl groups is 3. The van der Waals surface area contributed by atoms with Crippen LogP contribution in [0.5, 0.6) is 0 Å². The van der Waals surface area contributed by atoms with Crippen LogP contribution in [-0.2, 0) is 16.0 Å². The van der Waals surface area contributed by atoms with Crippen LogP contribution in [0.4, 0.5) is 0 Å². The molecule has 1 unspecified atom stereocenters. The van der Waals surface area contributed by atoms with E-state index in [2.05, 4.69) is 40.7 Å². The van der Waals surface area contributed by atoms with Gasteiger partial charge in [-0.1, -0.05) is 65.7 Å². The van der Waals surface area contributed by atoms with E-state index in [4.69, 9.17) is 11.2 Å². The summed E-state index contributed by atoms with van der Waals surface area (Å²) in [5.41, 5.74) is 5.13. The number of rotatable bonds is 11. The van der Waals surface area contributed by atoms with Crippen molar-refractivity contribution in [1.82, 2.24) is 10.2 Å². The van der Waals surface area contributed by atoms with Gasteiger partial charge in [0, 0.05) is 25.8 Å². The van der Waals surface area contributed by atoms with Crippen LogP contribution in [0.3, 0.4) is 0 Å². The van der Waals surface area contributed by atoms with E-state index in [1.807, 2.05) is 49.2 Å². The van der Waals surface area contributed by atoms with Gasteiger partial charge in [0.2, 0.25) is 5.91 Å². The molecule has 1 amide bonds. The maximum absolute atomic E-state index is 12.0. The number of aryl methyl sites for hydroxylation is 1. The number of aliphatic hydroxyl groups excluding tert-OH is 3. The molecular weight excluding hydrogens is 524 g/mol. The topological polar surface area (TPSA) is 102 Å². The molecule has 1 aliphatic rings. The number of allylic oxidation sites excluding steroid dienone is 1. The van der Waals surface area contributed by atoms with Crippen molar-refractivity contribution in [3.05, 3.63) is 76.4 Å². The number of nitrogens with zero attached hydrogens (tertiary/aromatic N) is 1. The van der Waals surface area contributed by atoms with Crippen LogP contribution < -0.4 is 5.32 Å². The first-order valence-corrected chi connectivity index (χ1v) is 14.7. The van der Waals surface area contributed by atoms with Crippen molar-refractivity contribution >= 4 is 23.2 Å². The number of benzene rings is 2. The Balaban J connectivity index is 1.55. The summed E-state index contributed by atoms with van der Waals surface area (Å²) in [4.78, 5) is 14.0. The third kappa shape index (κ3) is 9.02. The first kappa shape index (κ1) is 31.5. The summed E-state index contributed by atoms with van der Waals surface area (Å²) in [6.07, 6.45) is 7.52. The van der Waals surface area contributed by atoms with E-state index in [-0.39, 0.29) is 5.91 Å². The van der Waals surface area contributed by atoms with Gasteiger partial charge in [-0.3, -0.25) is 9.69 Å². The third-order valence-electron chi connectivity index (χ3n) is 6.95. The van der Waals surface area contributed by atoms with E-state index < -0.39 is 30.5 Å². The number of ether oxygens (including phenoxy) is 1. The average Bonchev–Trinajstić information content (AvgIpc) is 2.94. The minimum absolute atomic E-state index is 0.0274. The molecule has 8 heteroatoms. The number of amides is 1. The van der Waals surface area contributed by atoms with Crippen LogP contribution in [0.2, 0.25) is 0 Å². The lowest BCUT2D eigenvalue weighted by Gasteiger charge is -2.39. The molecule has 1 aliphatic heterocycles. The van der Waals surface area contributed by atoms with Gasteiger partial charge in [-0.05, 0) is 54.6 Å². The van der Waals surface area contributed by atoms with Crippen molar-refractivity contribution in [1.29, 1.82) is 0 Å². The molecule has 2 aromatic rings. The molecule has 1 fully saturated rings.